The lowest BCUT2D eigenvalue weighted by atomic mass is 9.79. The standard InChI is InChI=1S/C26H28F3N5O3/c27-26(28,29)22-20(15-34(32-22)19-5-2-1-3-6-19)24(36)30-14-4-7-21(35)16-8-12-18(13-9-16)25-31-23(33-37-25)17-10-11-17/h1-3,5-6,15-18H,4,7-14H2,(H,30,36). The van der Waals surface area contributed by atoms with Crippen molar-refractivity contribution in [1.29, 1.82) is 0 Å². The SMILES string of the molecule is O=C(NCCCC(=O)C1CCC(c2nc(C3CC3)no2)CC1)c1cn(-c2ccccc2)nc1C(F)(F)F. The van der Waals surface area contributed by atoms with Crippen LogP contribution in [0.5, 0.6) is 0 Å². The zero-order valence-corrected chi connectivity index (χ0v) is 20.2. The molecule has 2 aliphatic rings. The van der Waals surface area contributed by atoms with E-state index >= 15 is 0 Å². The van der Waals surface area contributed by atoms with Gasteiger partial charge in [0, 0.05) is 36.9 Å². The first-order valence-corrected chi connectivity index (χ1v) is 12.7. The van der Waals surface area contributed by atoms with Gasteiger partial charge in [0.05, 0.1) is 11.3 Å². The lowest BCUT2D eigenvalue weighted by Crippen LogP contribution is -2.27. The van der Waals surface area contributed by atoms with Gasteiger partial charge >= 0.3 is 6.18 Å². The van der Waals surface area contributed by atoms with Crippen molar-refractivity contribution < 1.29 is 27.3 Å². The quantitative estimate of drug-likeness (QED) is 0.393. The molecule has 1 N–H and O–H groups in total. The Hall–Kier alpha value is -3.50. The summed E-state index contributed by atoms with van der Waals surface area (Å²) >= 11 is 0. The number of rotatable bonds is 9. The molecule has 2 aliphatic carbocycles. The van der Waals surface area contributed by atoms with Crippen LogP contribution < -0.4 is 5.32 Å². The summed E-state index contributed by atoms with van der Waals surface area (Å²) in [6, 6.07) is 8.27. The highest BCUT2D eigenvalue weighted by Crippen LogP contribution is 2.40. The van der Waals surface area contributed by atoms with Crippen LogP contribution in [0, 0.1) is 5.92 Å². The molecule has 8 nitrogen and oxygen atoms in total. The van der Waals surface area contributed by atoms with E-state index in [9.17, 15) is 22.8 Å². The molecule has 1 amide bonds. The average Bonchev–Trinajstić information content (AvgIpc) is 3.44. The number of hydrogen-bond donors (Lipinski definition) is 1. The molecule has 2 fully saturated rings. The molecule has 0 radical (unpaired) electrons. The second kappa shape index (κ2) is 10.5. The van der Waals surface area contributed by atoms with Gasteiger partial charge in [-0.15, -0.1) is 0 Å². The van der Waals surface area contributed by atoms with Crippen LogP contribution in [0.15, 0.2) is 41.1 Å². The monoisotopic (exact) mass is 515 g/mol. The summed E-state index contributed by atoms with van der Waals surface area (Å²) in [5.74, 6) is 1.28. The number of para-hydroxylation sites is 1. The zero-order chi connectivity index (χ0) is 26.0. The molecule has 37 heavy (non-hydrogen) atoms. The Labute approximate surface area is 211 Å². The molecule has 0 spiro atoms. The van der Waals surface area contributed by atoms with Crippen LogP contribution in [0.25, 0.3) is 5.69 Å². The number of benzene rings is 1. The lowest BCUT2D eigenvalue weighted by molar-refractivity contribution is -0.141. The maximum Gasteiger partial charge on any atom is 0.435 e. The molecule has 11 heteroatoms. The van der Waals surface area contributed by atoms with Gasteiger partial charge in [-0.2, -0.15) is 23.3 Å². The average molecular weight is 516 g/mol. The smallest absolute Gasteiger partial charge is 0.352 e. The second-order valence-corrected chi connectivity index (χ2v) is 9.81. The minimum Gasteiger partial charge on any atom is -0.352 e. The van der Waals surface area contributed by atoms with Crippen molar-refractivity contribution in [2.24, 2.45) is 5.92 Å². The Bertz CT molecular complexity index is 1240. The number of aromatic nitrogens is 4. The summed E-state index contributed by atoms with van der Waals surface area (Å²) in [7, 11) is 0. The van der Waals surface area contributed by atoms with E-state index in [0.717, 1.165) is 55.2 Å². The first kappa shape index (κ1) is 25.2. The first-order chi connectivity index (χ1) is 17.8. The normalized spacial score (nSPS) is 20.1. The highest BCUT2D eigenvalue weighted by molar-refractivity contribution is 5.95. The van der Waals surface area contributed by atoms with Crippen molar-refractivity contribution >= 4 is 11.7 Å². The van der Waals surface area contributed by atoms with Gasteiger partial charge in [0.25, 0.3) is 5.91 Å². The molecular weight excluding hydrogens is 487 g/mol. The minimum atomic E-state index is -4.78. The summed E-state index contributed by atoms with van der Waals surface area (Å²) in [5.41, 5.74) is -1.38. The van der Waals surface area contributed by atoms with Gasteiger partial charge in [-0.3, -0.25) is 9.59 Å². The summed E-state index contributed by atoms with van der Waals surface area (Å²) < 4.78 is 47.0. The van der Waals surface area contributed by atoms with E-state index in [1.165, 1.54) is 0 Å². The van der Waals surface area contributed by atoms with Crippen molar-refractivity contribution in [2.45, 2.75) is 69.4 Å². The fourth-order valence-corrected chi connectivity index (χ4v) is 4.81. The summed E-state index contributed by atoms with van der Waals surface area (Å²) in [5, 5.41) is 10.2. The number of halogens is 3. The predicted molar refractivity (Wildman–Crippen MR) is 126 cm³/mol. The van der Waals surface area contributed by atoms with Gasteiger partial charge in [-0.25, -0.2) is 4.68 Å². The van der Waals surface area contributed by atoms with Crippen molar-refractivity contribution in [3.63, 3.8) is 0 Å². The molecule has 2 saturated carbocycles. The summed E-state index contributed by atoms with van der Waals surface area (Å²) in [6.07, 6.45) is 2.25. The van der Waals surface area contributed by atoms with E-state index in [4.69, 9.17) is 4.52 Å². The number of nitrogens with zero attached hydrogens (tertiary/aromatic N) is 4. The lowest BCUT2D eigenvalue weighted by Gasteiger charge is -2.25. The number of alkyl halides is 3. The number of carbonyl (C=O) groups excluding carboxylic acids is 2. The molecule has 196 valence electrons. The van der Waals surface area contributed by atoms with Crippen LogP contribution in [0.4, 0.5) is 13.2 Å². The molecule has 2 heterocycles. The van der Waals surface area contributed by atoms with Gasteiger partial charge in [-0.05, 0) is 57.1 Å². The van der Waals surface area contributed by atoms with Gasteiger partial charge in [0.1, 0.15) is 5.78 Å². The van der Waals surface area contributed by atoms with Gasteiger partial charge in [0.15, 0.2) is 11.5 Å². The van der Waals surface area contributed by atoms with Crippen LogP contribution >= 0.6 is 0 Å². The third kappa shape index (κ3) is 5.91. The third-order valence-corrected chi connectivity index (χ3v) is 7.07. The highest BCUT2D eigenvalue weighted by Gasteiger charge is 2.39. The number of carbonyl (C=O) groups is 2. The number of amides is 1. The van der Waals surface area contributed by atoms with Gasteiger partial charge < -0.3 is 9.84 Å². The Morgan fingerprint density at radius 2 is 1.73 bits per heavy atom. The van der Waals surface area contributed by atoms with E-state index in [0.29, 0.717) is 23.9 Å². The molecule has 2 aromatic heterocycles. The highest BCUT2D eigenvalue weighted by atomic mass is 19.4. The zero-order valence-electron chi connectivity index (χ0n) is 20.2. The summed E-state index contributed by atoms with van der Waals surface area (Å²) in [6.45, 7) is 0.0969. The maximum absolute atomic E-state index is 13.5. The third-order valence-electron chi connectivity index (χ3n) is 7.07. The van der Waals surface area contributed by atoms with E-state index in [1.54, 1.807) is 30.3 Å². The Kier molecular flexibility index (Phi) is 7.12. The Morgan fingerprint density at radius 3 is 2.41 bits per heavy atom. The van der Waals surface area contributed by atoms with Crippen molar-refractivity contribution in [1.82, 2.24) is 25.2 Å². The number of Topliss-reactive ketones (excluding diaryl/α,β-unsaturated/α-hetero) is 1. The molecule has 3 aromatic rings. The minimum absolute atomic E-state index is 0.0567. The molecular formula is C26H28F3N5O3. The molecule has 0 bridgehead atoms. The molecule has 5 rings (SSSR count). The second-order valence-electron chi connectivity index (χ2n) is 9.81. The fraction of sp³-hybridized carbons (Fsp3) is 0.500. The topological polar surface area (TPSA) is 103 Å². The van der Waals surface area contributed by atoms with Crippen LogP contribution in [0.1, 0.15) is 91.0 Å². The molecule has 0 saturated heterocycles. The predicted octanol–water partition coefficient (Wildman–Crippen LogP) is 5.20. The molecule has 0 unspecified atom stereocenters. The van der Waals surface area contributed by atoms with E-state index in [2.05, 4.69) is 20.6 Å². The summed E-state index contributed by atoms with van der Waals surface area (Å²) in [4.78, 5) is 29.8. The Morgan fingerprint density at radius 1 is 1.03 bits per heavy atom. The number of nitrogens with one attached hydrogen (secondary N) is 1. The van der Waals surface area contributed by atoms with Crippen LogP contribution in [-0.2, 0) is 11.0 Å². The molecule has 0 aliphatic heterocycles. The maximum atomic E-state index is 13.5. The fourth-order valence-electron chi connectivity index (χ4n) is 4.81. The van der Waals surface area contributed by atoms with Crippen LogP contribution in [-0.4, -0.2) is 38.2 Å². The first-order valence-electron chi connectivity index (χ1n) is 12.7. The van der Waals surface area contributed by atoms with Gasteiger partial charge in [0.2, 0.25) is 5.89 Å². The van der Waals surface area contributed by atoms with E-state index in [-0.39, 0.29) is 30.6 Å². The van der Waals surface area contributed by atoms with Crippen LogP contribution in [0.3, 0.4) is 0 Å². The van der Waals surface area contributed by atoms with Crippen molar-refractivity contribution in [3.05, 3.63) is 59.5 Å². The largest absolute Gasteiger partial charge is 0.435 e. The molecule has 0 atom stereocenters. The number of hydrogen-bond acceptors (Lipinski definition) is 6. The van der Waals surface area contributed by atoms with Gasteiger partial charge in [-0.1, -0.05) is 23.4 Å². The Balaban J connectivity index is 1.09. The van der Waals surface area contributed by atoms with Crippen molar-refractivity contribution in [2.75, 3.05) is 6.54 Å². The van der Waals surface area contributed by atoms with E-state index in [1.807, 2.05) is 0 Å². The van der Waals surface area contributed by atoms with E-state index < -0.39 is 23.3 Å². The van der Waals surface area contributed by atoms with Crippen molar-refractivity contribution in [3.8, 4) is 5.69 Å². The number of ketones is 1. The van der Waals surface area contributed by atoms with Crippen LogP contribution in [0.2, 0.25) is 0 Å². The molecule has 1 aromatic carbocycles.